The van der Waals surface area contributed by atoms with E-state index < -0.39 is 15.5 Å². The standard InChI is InChI=1S/C26H30FN3O4S/c1-35(2,32)30-19-9-7-17(8-10-19)16-3-5-18(6-4-16)26-22(27)12-23-24(29-26)13-25(28-23)34-21-11-20(14-31)33-15-21/h3-7,12-13,19-21,28,31H,8-11,14-15H2,1-2H3/t19?,20-,21-/m0/s1. The van der Waals surface area contributed by atoms with E-state index >= 15 is 0 Å². The van der Waals surface area contributed by atoms with Gasteiger partial charge >= 0.3 is 0 Å². The third-order valence-corrected chi connectivity index (χ3v) is 7.19. The molecule has 1 saturated heterocycles. The third-order valence-electron chi connectivity index (χ3n) is 6.39. The van der Waals surface area contributed by atoms with Gasteiger partial charge in [-0.05, 0) is 30.4 Å². The van der Waals surface area contributed by atoms with Gasteiger partial charge in [-0.25, -0.2) is 13.7 Å². The molecule has 3 heterocycles. The van der Waals surface area contributed by atoms with Gasteiger partial charge in [0.1, 0.15) is 11.8 Å². The maximum atomic E-state index is 14.9. The van der Waals surface area contributed by atoms with Gasteiger partial charge in [-0.3, -0.25) is 4.21 Å². The summed E-state index contributed by atoms with van der Waals surface area (Å²) in [4.78, 5) is 7.61. The van der Waals surface area contributed by atoms with Crippen molar-refractivity contribution in [3.8, 4) is 17.1 Å². The number of pyridine rings is 1. The normalized spacial score (nSPS) is 22.9. The second-order valence-corrected chi connectivity index (χ2v) is 12.1. The Kier molecular flexibility index (Phi) is 6.65. The molecule has 35 heavy (non-hydrogen) atoms. The van der Waals surface area contributed by atoms with Crippen molar-refractivity contribution < 1.29 is 23.2 Å². The summed E-state index contributed by atoms with van der Waals surface area (Å²) in [5, 5.41) is 9.22. The maximum absolute atomic E-state index is 14.9. The molecule has 9 heteroatoms. The van der Waals surface area contributed by atoms with Crippen molar-refractivity contribution in [3.63, 3.8) is 0 Å². The van der Waals surface area contributed by atoms with Crippen molar-refractivity contribution in [1.82, 2.24) is 9.97 Å². The molecule has 0 amide bonds. The van der Waals surface area contributed by atoms with Gasteiger partial charge in [-0.1, -0.05) is 30.3 Å². The minimum atomic E-state index is -2.09. The molecular formula is C26H30FN3O4S. The highest BCUT2D eigenvalue weighted by Gasteiger charge is 2.27. The third kappa shape index (κ3) is 5.58. The van der Waals surface area contributed by atoms with Crippen LogP contribution < -0.4 is 4.74 Å². The molecule has 1 aliphatic heterocycles. The average molecular weight is 500 g/mol. The summed E-state index contributed by atoms with van der Waals surface area (Å²) in [6.07, 6.45) is 8.29. The molecule has 2 aromatic heterocycles. The van der Waals surface area contributed by atoms with Gasteiger partial charge in [-0.15, -0.1) is 0 Å². The molecular weight excluding hydrogens is 469 g/mol. The first-order valence-electron chi connectivity index (χ1n) is 11.8. The number of aromatic nitrogens is 2. The molecule has 0 saturated carbocycles. The molecule has 3 aromatic rings. The van der Waals surface area contributed by atoms with E-state index in [0.29, 0.717) is 35.5 Å². The first kappa shape index (κ1) is 24.0. The monoisotopic (exact) mass is 499 g/mol. The van der Waals surface area contributed by atoms with Gasteiger partial charge in [0.15, 0.2) is 11.7 Å². The van der Waals surface area contributed by atoms with Crippen LogP contribution in [0.3, 0.4) is 0 Å². The van der Waals surface area contributed by atoms with Gasteiger partial charge in [0.05, 0.1) is 36.4 Å². The second-order valence-electron chi connectivity index (χ2n) is 9.52. The molecule has 0 bridgehead atoms. The molecule has 1 aliphatic carbocycles. The fourth-order valence-electron chi connectivity index (χ4n) is 4.71. The molecule has 5 rings (SSSR count). The van der Waals surface area contributed by atoms with Gasteiger partial charge < -0.3 is 19.6 Å². The largest absolute Gasteiger partial charge is 0.473 e. The minimum absolute atomic E-state index is 0.0320. The Morgan fingerprint density at radius 3 is 2.69 bits per heavy atom. The minimum Gasteiger partial charge on any atom is -0.473 e. The molecule has 1 aromatic carbocycles. The number of aliphatic hydroxyl groups excluding tert-OH is 1. The van der Waals surface area contributed by atoms with E-state index in [0.717, 1.165) is 24.8 Å². The molecule has 7 nitrogen and oxygen atoms in total. The molecule has 1 unspecified atom stereocenters. The number of aromatic amines is 1. The summed E-state index contributed by atoms with van der Waals surface area (Å²) in [6, 6.07) is 11.1. The quantitative estimate of drug-likeness (QED) is 0.518. The van der Waals surface area contributed by atoms with Crippen LogP contribution in [0.5, 0.6) is 5.88 Å². The van der Waals surface area contributed by atoms with E-state index in [-0.39, 0.29) is 30.6 Å². The van der Waals surface area contributed by atoms with Crippen molar-refractivity contribution in [2.45, 2.75) is 43.9 Å². The highest BCUT2D eigenvalue weighted by Crippen LogP contribution is 2.32. The first-order valence-corrected chi connectivity index (χ1v) is 14.1. The Labute approximate surface area is 204 Å². The van der Waals surface area contributed by atoms with Crippen LogP contribution in [0, 0.1) is 5.82 Å². The van der Waals surface area contributed by atoms with Crippen LogP contribution >= 0.6 is 0 Å². The number of benzene rings is 1. The van der Waals surface area contributed by atoms with Crippen LogP contribution in [0.2, 0.25) is 0 Å². The van der Waals surface area contributed by atoms with E-state index in [4.69, 9.17) is 9.47 Å². The van der Waals surface area contributed by atoms with E-state index in [9.17, 15) is 13.7 Å². The number of nitrogens with zero attached hydrogens (tertiary/aromatic N) is 2. The lowest BCUT2D eigenvalue weighted by Gasteiger charge is -2.19. The average Bonchev–Trinajstić information content (AvgIpc) is 3.44. The van der Waals surface area contributed by atoms with Crippen LogP contribution in [0.4, 0.5) is 4.39 Å². The second kappa shape index (κ2) is 9.72. The predicted molar refractivity (Wildman–Crippen MR) is 135 cm³/mol. The van der Waals surface area contributed by atoms with Crippen molar-refractivity contribution in [1.29, 1.82) is 0 Å². The van der Waals surface area contributed by atoms with E-state index in [1.807, 2.05) is 24.3 Å². The lowest BCUT2D eigenvalue weighted by Crippen LogP contribution is -2.17. The SMILES string of the molecule is CS(C)(=O)=NC1CC=C(c2ccc(-c3nc4cc(O[C@@H]5CO[C@H](CO)C5)[nH]c4cc3F)cc2)CC1. The van der Waals surface area contributed by atoms with Crippen LogP contribution in [0.25, 0.3) is 27.9 Å². The van der Waals surface area contributed by atoms with Gasteiger partial charge in [0.25, 0.3) is 0 Å². The number of aliphatic hydroxyl groups is 1. The maximum Gasteiger partial charge on any atom is 0.193 e. The number of halogens is 1. The smallest absolute Gasteiger partial charge is 0.193 e. The zero-order valence-corrected chi connectivity index (χ0v) is 20.7. The highest BCUT2D eigenvalue weighted by molar-refractivity contribution is 7.92. The van der Waals surface area contributed by atoms with Crippen molar-refractivity contribution in [2.24, 2.45) is 4.36 Å². The zero-order valence-electron chi connectivity index (χ0n) is 19.9. The van der Waals surface area contributed by atoms with E-state index in [1.54, 1.807) is 18.6 Å². The molecule has 0 spiro atoms. The molecule has 0 radical (unpaired) electrons. The summed E-state index contributed by atoms with van der Waals surface area (Å²) in [5.41, 5.74) is 4.50. The summed E-state index contributed by atoms with van der Waals surface area (Å²) >= 11 is 0. The highest BCUT2D eigenvalue weighted by atomic mass is 32.2. The topological polar surface area (TPSA) is 96.8 Å². The number of H-pyrrole nitrogens is 1. The van der Waals surface area contributed by atoms with Gasteiger partial charge in [0, 0.05) is 46.4 Å². The zero-order chi connectivity index (χ0) is 24.6. The van der Waals surface area contributed by atoms with Crippen LogP contribution in [-0.2, 0) is 14.5 Å². The number of nitrogens with one attached hydrogen (secondary N) is 1. The molecule has 3 atom stereocenters. The summed E-state index contributed by atoms with van der Waals surface area (Å²) in [7, 11) is -2.09. The summed E-state index contributed by atoms with van der Waals surface area (Å²) < 4.78 is 42.7. The number of hydrogen-bond acceptors (Lipinski definition) is 6. The molecule has 2 N–H and O–H groups in total. The van der Waals surface area contributed by atoms with Crippen molar-refractivity contribution in [2.75, 3.05) is 25.7 Å². The number of hydrogen-bond donors (Lipinski definition) is 2. The number of ether oxygens (including phenoxy) is 2. The van der Waals surface area contributed by atoms with Crippen LogP contribution in [0.15, 0.2) is 46.8 Å². The lowest BCUT2D eigenvalue weighted by molar-refractivity contribution is 0.0531. The first-order chi connectivity index (χ1) is 16.8. The Morgan fingerprint density at radius 2 is 2.03 bits per heavy atom. The predicted octanol–water partition coefficient (Wildman–Crippen LogP) is 4.56. The number of rotatable bonds is 6. The van der Waals surface area contributed by atoms with Crippen molar-refractivity contribution in [3.05, 3.63) is 53.9 Å². The fourth-order valence-corrected chi connectivity index (χ4v) is 5.62. The van der Waals surface area contributed by atoms with Crippen LogP contribution in [-0.4, -0.2) is 63.3 Å². The number of allylic oxidation sites excluding steroid dienone is 1. The molecule has 2 aliphatic rings. The van der Waals surface area contributed by atoms with E-state index in [1.165, 1.54) is 11.6 Å². The van der Waals surface area contributed by atoms with Gasteiger partial charge in [-0.2, -0.15) is 0 Å². The molecule has 186 valence electrons. The number of fused-ring (bicyclic) bond motifs is 1. The lowest BCUT2D eigenvalue weighted by atomic mass is 9.90. The Morgan fingerprint density at radius 1 is 1.26 bits per heavy atom. The van der Waals surface area contributed by atoms with Crippen LogP contribution in [0.1, 0.15) is 31.2 Å². The summed E-state index contributed by atoms with van der Waals surface area (Å²) in [5.74, 6) is 0.0927. The Bertz CT molecular complexity index is 1370. The van der Waals surface area contributed by atoms with Crippen molar-refractivity contribution >= 4 is 26.3 Å². The Balaban J connectivity index is 1.32. The molecule has 1 fully saturated rings. The van der Waals surface area contributed by atoms with E-state index in [2.05, 4.69) is 20.4 Å². The van der Waals surface area contributed by atoms with Gasteiger partial charge in [0.2, 0.25) is 0 Å². The Hall–Kier alpha value is -2.75. The summed E-state index contributed by atoms with van der Waals surface area (Å²) in [6.45, 7) is 0.374. The fraction of sp³-hybridized carbons (Fsp3) is 0.423.